The smallest absolute Gasteiger partial charge is 0.303 e. The molecule has 1 heterocycles. The van der Waals surface area contributed by atoms with Crippen molar-refractivity contribution in [1.82, 2.24) is 0 Å². The third-order valence-corrected chi connectivity index (χ3v) is 8.00. The normalized spacial score (nSPS) is 46.3. The fourth-order valence-corrected chi connectivity index (χ4v) is 7.14. The molecule has 3 fully saturated rings. The Bertz CT molecular complexity index is 804. The maximum atomic E-state index is 13.8. The summed E-state index contributed by atoms with van der Waals surface area (Å²) in [6.45, 7) is 15.9. The topological polar surface area (TPSA) is 99.1 Å². The molecule has 1 aliphatic heterocycles. The molecule has 0 unspecified atom stereocenters. The van der Waals surface area contributed by atoms with Crippen molar-refractivity contribution in [1.29, 1.82) is 0 Å². The summed E-state index contributed by atoms with van der Waals surface area (Å²) in [6, 6.07) is 0. The van der Waals surface area contributed by atoms with Crippen LogP contribution in [0.2, 0.25) is 0 Å². The first kappa shape index (κ1) is 23.9. The Morgan fingerprint density at radius 3 is 2.23 bits per heavy atom. The number of Topliss-reactive ketones (excluding diaryl/α,β-unsaturated/α-hetero) is 1. The number of hydrogen-bond donors (Lipinski definition) is 1. The van der Waals surface area contributed by atoms with E-state index < -0.39 is 58.7 Å². The van der Waals surface area contributed by atoms with Crippen molar-refractivity contribution in [2.75, 3.05) is 0 Å². The number of ether oxygens (including phenoxy) is 3. The van der Waals surface area contributed by atoms with Gasteiger partial charge in [-0.05, 0) is 32.1 Å². The summed E-state index contributed by atoms with van der Waals surface area (Å²) >= 11 is 0. The van der Waals surface area contributed by atoms with E-state index in [0.717, 1.165) is 0 Å². The van der Waals surface area contributed by atoms with Crippen LogP contribution in [0.3, 0.4) is 0 Å². The highest BCUT2D eigenvalue weighted by atomic mass is 16.6. The lowest BCUT2D eigenvalue weighted by atomic mass is 9.41. The molecule has 3 aliphatic rings. The van der Waals surface area contributed by atoms with Crippen molar-refractivity contribution >= 4 is 17.7 Å². The Kier molecular flexibility index (Phi) is 5.72. The van der Waals surface area contributed by atoms with Gasteiger partial charge in [-0.3, -0.25) is 14.4 Å². The Morgan fingerprint density at radius 1 is 1.13 bits per heavy atom. The summed E-state index contributed by atoms with van der Waals surface area (Å²) < 4.78 is 17.9. The SMILES string of the molecule is C=C[C@@]1(C)CC(=O)[C@H]2[C@](C)(O1)[C@@H](OC(C)=O)[C@@H](O)[C@H]1C(C)(C)CC[C@H](OC(C)=O)[C@@]12C. The molecule has 0 amide bonds. The number of aliphatic hydroxyl groups is 1. The largest absolute Gasteiger partial charge is 0.462 e. The van der Waals surface area contributed by atoms with Crippen LogP contribution in [0.4, 0.5) is 0 Å². The van der Waals surface area contributed by atoms with Crippen LogP contribution in [-0.4, -0.2) is 52.3 Å². The second-order valence-corrected chi connectivity index (χ2v) is 10.9. The van der Waals surface area contributed by atoms with Gasteiger partial charge in [0, 0.05) is 31.6 Å². The van der Waals surface area contributed by atoms with Gasteiger partial charge in [0.1, 0.15) is 17.5 Å². The van der Waals surface area contributed by atoms with Gasteiger partial charge in [-0.2, -0.15) is 0 Å². The predicted molar refractivity (Wildman–Crippen MR) is 113 cm³/mol. The highest BCUT2D eigenvalue weighted by molar-refractivity contribution is 5.86. The monoisotopic (exact) mass is 436 g/mol. The van der Waals surface area contributed by atoms with E-state index in [4.69, 9.17) is 14.2 Å². The Labute approximate surface area is 184 Å². The van der Waals surface area contributed by atoms with E-state index in [2.05, 4.69) is 6.58 Å². The molecular formula is C24H36O7. The number of esters is 2. The molecule has 8 atom stereocenters. The summed E-state index contributed by atoms with van der Waals surface area (Å²) in [4.78, 5) is 37.8. The maximum Gasteiger partial charge on any atom is 0.303 e. The van der Waals surface area contributed by atoms with Gasteiger partial charge in [0.15, 0.2) is 6.10 Å². The molecule has 0 aromatic rings. The Morgan fingerprint density at radius 2 is 1.71 bits per heavy atom. The quantitative estimate of drug-likeness (QED) is 0.536. The molecule has 1 saturated heterocycles. The van der Waals surface area contributed by atoms with Crippen LogP contribution < -0.4 is 0 Å². The molecule has 174 valence electrons. The standard InChI is InChI=1S/C24H36O7/c1-9-22(6)12-15(27)18-23(7)16(29-13(2)25)10-11-21(4,5)19(23)17(28)20(30-14(3)26)24(18,8)31-22/h9,16-20,28H,1,10-12H2,2-8H3/t16-,17-,18+,19-,20-,22-,23+,24-/m0/s1. The van der Waals surface area contributed by atoms with E-state index in [1.807, 2.05) is 20.8 Å². The Balaban J connectivity index is 2.26. The predicted octanol–water partition coefficient (Wildman–Crippen LogP) is 2.98. The minimum atomic E-state index is -1.32. The molecule has 0 aromatic carbocycles. The fraction of sp³-hybridized carbons (Fsp3) is 0.792. The number of aliphatic hydroxyl groups excluding tert-OH is 1. The molecule has 7 heteroatoms. The van der Waals surface area contributed by atoms with Crippen LogP contribution in [-0.2, 0) is 28.6 Å². The molecule has 0 aromatic heterocycles. The Hall–Kier alpha value is -1.73. The lowest BCUT2D eigenvalue weighted by Crippen LogP contribution is -2.78. The average molecular weight is 437 g/mol. The zero-order chi connectivity index (χ0) is 23.6. The minimum Gasteiger partial charge on any atom is -0.462 e. The summed E-state index contributed by atoms with van der Waals surface area (Å²) in [5.41, 5.74) is -3.58. The van der Waals surface area contributed by atoms with Gasteiger partial charge in [0.05, 0.1) is 17.6 Å². The van der Waals surface area contributed by atoms with Crippen LogP contribution in [0.15, 0.2) is 12.7 Å². The zero-order valence-electron chi connectivity index (χ0n) is 19.7. The molecule has 0 spiro atoms. The van der Waals surface area contributed by atoms with Crippen LogP contribution in [0.5, 0.6) is 0 Å². The van der Waals surface area contributed by atoms with Gasteiger partial charge < -0.3 is 19.3 Å². The first-order valence-corrected chi connectivity index (χ1v) is 11.0. The van der Waals surface area contributed by atoms with Gasteiger partial charge in [0.2, 0.25) is 0 Å². The lowest BCUT2D eigenvalue weighted by molar-refractivity contribution is -0.321. The highest BCUT2D eigenvalue weighted by Crippen LogP contribution is 2.65. The summed E-state index contributed by atoms with van der Waals surface area (Å²) in [7, 11) is 0. The van der Waals surface area contributed by atoms with Crippen molar-refractivity contribution < 1.29 is 33.7 Å². The summed E-state index contributed by atoms with van der Waals surface area (Å²) in [5, 5.41) is 11.7. The number of carbonyl (C=O) groups is 3. The number of ketones is 1. The van der Waals surface area contributed by atoms with Crippen molar-refractivity contribution in [3.8, 4) is 0 Å². The van der Waals surface area contributed by atoms with E-state index in [9.17, 15) is 19.5 Å². The molecule has 2 aliphatic carbocycles. The van der Waals surface area contributed by atoms with Gasteiger partial charge in [-0.15, -0.1) is 6.58 Å². The first-order valence-electron chi connectivity index (χ1n) is 11.0. The van der Waals surface area contributed by atoms with Crippen LogP contribution in [0.25, 0.3) is 0 Å². The molecule has 7 nitrogen and oxygen atoms in total. The lowest BCUT2D eigenvalue weighted by Gasteiger charge is -2.68. The fourth-order valence-electron chi connectivity index (χ4n) is 7.14. The number of carbonyl (C=O) groups excluding carboxylic acids is 3. The molecule has 1 N–H and O–H groups in total. The maximum absolute atomic E-state index is 13.8. The van der Waals surface area contributed by atoms with Gasteiger partial charge in [0.25, 0.3) is 0 Å². The first-order chi connectivity index (χ1) is 14.1. The molecule has 0 radical (unpaired) electrons. The second kappa shape index (κ2) is 7.41. The second-order valence-electron chi connectivity index (χ2n) is 10.9. The number of hydrogen-bond acceptors (Lipinski definition) is 7. The van der Waals surface area contributed by atoms with Crippen molar-refractivity contribution in [2.24, 2.45) is 22.7 Å². The van der Waals surface area contributed by atoms with Crippen LogP contribution in [0, 0.1) is 22.7 Å². The molecule has 0 bridgehead atoms. The van der Waals surface area contributed by atoms with Crippen molar-refractivity contribution in [3.63, 3.8) is 0 Å². The molecule has 2 saturated carbocycles. The van der Waals surface area contributed by atoms with Gasteiger partial charge in [-0.25, -0.2) is 0 Å². The van der Waals surface area contributed by atoms with Crippen LogP contribution >= 0.6 is 0 Å². The average Bonchev–Trinajstić information content (AvgIpc) is 2.59. The van der Waals surface area contributed by atoms with Crippen LogP contribution in [0.1, 0.15) is 67.7 Å². The van der Waals surface area contributed by atoms with Gasteiger partial charge in [-0.1, -0.05) is 26.8 Å². The minimum absolute atomic E-state index is 0.0671. The summed E-state index contributed by atoms with van der Waals surface area (Å²) in [6.07, 6.45) is 0.221. The number of rotatable bonds is 3. The zero-order valence-corrected chi connectivity index (χ0v) is 19.7. The van der Waals surface area contributed by atoms with E-state index >= 15 is 0 Å². The van der Waals surface area contributed by atoms with Gasteiger partial charge >= 0.3 is 11.9 Å². The molecule has 31 heavy (non-hydrogen) atoms. The van der Waals surface area contributed by atoms with Crippen molar-refractivity contribution in [3.05, 3.63) is 12.7 Å². The van der Waals surface area contributed by atoms with E-state index in [1.54, 1.807) is 19.9 Å². The third kappa shape index (κ3) is 3.54. The number of fused-ring (bicyclic) bond motifs is 3. The third-order valence-electron chi connectivity index (χ3n) is 8.00. The van der Waals surface area contributed by atoms with E-state index in [0.29, 0.717) is 12.8 Å². The van der Waals surface area contributed by atoms with E-state index in [1.165, 1.54) is 13.8 Å². The van der Waals surface area contributed by atoms with Crippen molar-refractivity contribution in [2.45, 2.75) is 97.2 Å². The molecule has 3 rings (SSSR count). The van der Waals surface area contributed by atoms with E-state index in [-0.39, 0.29) is 17.6 Å². The summed E-state index contributed by atoms with van der Waals surface area (Å²) in [5.74, 6) is -2.25. The molecular weight excluding hydrogens is 400 g/mol. The highest BCUT2D eigenvalue weighted by Gasteiger charge is 2.74.